The summed E-state index contributed by atoms with van der Waals surface area (Å²) in [5.74, 6) is 0. The van der Waals surface area contributed by atoms with Crippen LogP contribution in [0, 0.1) is 0 Å². The fourth-order valence-electron chi connectivity index (χ4n) is 1.64. The molecule has 0 aliphatic heterocycles. The molecule has 10 nitrogen and oxygen atoms in total. The van der Waals surface area contributed by atoms with Crippen LogP contribution in [0.1, 0.15) is 0 Å². The second-order valence-corrected chi connectivity index (χ2v) is 8.09. The molecule has 12 heteroatoms. The summed E-state index contributed by atoms with van der Waals surface area (Å²) in [4.78, 5) is -0.148. The Bertz CT molecular complexity index is 794. The molecule has 0 fully saturated rings. The van der Waals surface area contributed by atoms with E-state index in [1.165, 1.54) is 24.3 Å². The standard InChI is InChI=1S/C6H14O4.2C6H6O3S/c7-1-3-9-5-6-10-4-2-8;2*7-10(8,9)6-4-2-1-3-5-6/h7-8H,1-6H2;2*1-5H,(H,7,8,9). The van der Waals surface area contributed by atoms with Crippen molar-refractivity contribution in [1.82, 2.24) is 0 Å². The molecular formula is C18H26O10S2. The molecule has 0 spiro atoms. The van der Waals surface area contributed by atoms with E-state index in [-0.39, 0.29) is 23.0 Å². The van der Waals surface area contributed by atoms with Crippen LogP contribution in [-0.4, -0.2) is 75.8 Å². The fraction of sp³-hybridized carbons (Fsp3) is 0.333. The van der Waals surface area contributed by atoms with Crippen LogP contribution in [0.2, 0.25) is 0 Å². The number of ether oxygens (including phenoxy) is 2. The molecule has 0 atom stereocenters. The van der Waals surface area contributed by atoms with E-state index in [4.69, 9.17) is 28.8 Å². The second kappa shape index (κ2) is 15.9. The zero-order valence-electron chi connectivity index (χ0n) is 16.1. The summed E-state index contributed by atoms with van der Waals surface area (Å²) in [6, 6.07) is 14.8. The molecular weight excluding hydrogens is 440 g/mol. The zero-order valence-corrected chi connectivity index (χ0v) is 17.7. The van der Waals surface area contributed by atoms with Gasteiger partial charge < -0.3 is 19.7 Å². The Morgan fingerprint density at radius 1 is 0.567 bits per heavy atom. The minimum atomic E-state index is -4.00. The predicted octanol–water partition coefficient (Wildman–Crippen LogP) is 0.871. The minimum Gasteiger partial charge on any atom is -0.394 e. The maximum Gasteiger partial charge on any atom is 0.294 e. The normalized spacial score (nSPS) is 10.9. The number of benzene rings is 2. The Morgan fingerprint density at radius 2 is 0.867 bits per heavy atom. The number of hydrogen-bond acceptors (Lipinski definition) is 8. The van der Waals surface area contributed by atoms with E-state index >= 15 is 0 Å². The molecule has 2 aromatic carbocycles. The van der Waals surface area contributed by atoms with Gasteiger partial charge >= 0.3 is 0 Å². The lowest BCUT2D eigenvalue weighted by atomic mass is 10.4. The first-order valence-corrected chi connectivity index (χ1v) is 11.4. The van der Waals surface area contributed by atoms with Crippen molar-refractivity contribution in [2.45, 2.75) is 9.79 Å². The molecule has 0 heterocycles. The summed E-state index contributed by atoms with van der Waals surface area (Å²) in [5, 5.41) is 16.5. The van der Waals surface area contributed by atoms with Crippen molar-refractivity contribution in [3.05, 3.63) is 60.7 Å². The Kier molecular flexibility index (Phi) is 14.9. The number of rotatable bonds is 9. The number of aliphatic hydroxyl groups is 2. The highest BCUT2D eigenvalue weighted by molar-refractivity contribution is 7.86. The number of aliphatic hydroxyl groups excluding tert-OH is 2. The molecule has 0 aromatic heterocycles. The van der Waals surface area contributed by atoms with Crippen LogP contribution in [0.4, 0.5) is 0 Å². The van der Waals surface area contributed by atoms with Gasteiger partial charge in [-0.2, -0.15) is 16.8 Å². The topological polar surface area (TPSA) is 168 Å². The lowest BCUT2D eigenvalue weighted by Crippen LogP contribution is -2.09. The first kappa shape index (κ1) is 28.1. The molecule has 0 aliphatic carbocycles. The van der Waals surface area contributed by atoms with Crippen molar-refractivity contribution in [2.75, 3.05) is 39.6 Å². The van der Waals surface area contributed by atoms with Crippen molar-refractivity contribution in [3.63, 3.8) is 0 Å². The van der Waals surface area contributed by atoms with Crippen LogP contribution in [0.25, 0.3) is 0 Å². The van der Waals surface area contributed by atoms with Crippen LogP contribution in [-0.2, 0) is 29.7 Å². The molecule has 0 unspecified atom stereocenters. The third-order valence-corrected chi connectivity index (χ3v) is 4.66. The van der Waals surface area contributed by atoms with E-state index in [2.05, 4.69) is 0 Å². The molecule has 0 amide bonds. The van der Waals surface area contributed by atoms with Gasteiger partial charge in [-0.15, -0.1) is 0 Å². The van der Waals surface area contributed by atoms with Gasteiger partial charge in [0.25, 0.3) is 20.2 Å². The highest BCUT2D eigenvalue weighted by Gasteiger charge is 2.06. The second-order valence-electron chi connectivity index (χ2n) is 5.25. The molecule has 2 rings (SSSR count). The maximum atomic E-state index is 10.4. The quantitative estimate of drug-likeness (QED) is 0.307. The van der Waals surface area contributed by atoms with Gasteiger partial charge in [0.1, 0.15) is 0 Å². The SMILES string of the molecule is O=S(=O)(O)c1ccccc1.O=S(=O)(O)c1ccccc1.OCCOCCOCCO. The van der Waals surface area contributed by atoms with E-state index in [9.17, 15) is 16.8 Å². The first-order chi connectivity index (χ1) is 14.1. The van der Waals surface area contributed by atoms with Gasteiger partial charge in [-0.25, -0.2) is 0 Å². The molecule has 0 radical (unpaired) electrons. The Balaban J connectivity index is 0.000000420. The highest BCUT2D eigenvalue weighted by Crippen LogP contribution is 2.05. The molecule has 30 heavy (non-hydrogen) atoms. The van der Waals surface area contributed by atoms with Gasteiger partial charge in [0, 0.05) is 0 Å². The van der Waals surface area contributed by atoms with Crippen molar-refractivity contribution in [1.29, 1.82) is 0 Å². The van der Waals surface area contributed by atoms with Gasteiger partial charge in [-0.3, -0.25) is 9.11 Å². The summed E-state index contributed by atoms with van der Waals surface area (Å²) in [6.45, 7) is 1.73. The molecule has 170 valence electrons. The van der Waals surface area contributed by atoms with Gasteiger partial charge in [0.2, 0.25) is 0 Å². The lowest BCUT2D eigenvalue weighted by Gasteiger charge is -2.01. The smallest absolute Gasteiger partial charge is 0.294 e. The predicted molar refractivity (Wildman–Crippen MR) is 108 cm³/mol. The van der Waals surface area contributed by atoms with Crippen LogP contribution in [0.3, 0.4) is 0 Å². The van der Waals surface area contributed by atoms with Crippen LogP contribution >= 0.6 is 0 Å². The summed E-state index contributed by atoms with van der Waals surface area (Å²) >= 11 is 0. The monoisotopic (exact) mass is 466 g/mol. The zero-order chi connectivity index (χ0) is 22.9. The van der Waals surface area contributed by atoms with E-state index in [0.717, 1.165) is 0 Å². The Labute approximate surface area is 176 Å². The Hall–Kier alpha value is -1.90. The largest absolute Gasteiger partial charge is 0.394 e. The van der Waals surface area contributed by atoms with Gasteiger partial charge in [-0.05, 0) is 24.3 Å². The molecule has 2 aromatic rings. The van der Waals surface area contributed by atoms with Crippen LogP contribution in [0.5, 0.6) is 0 Å². The van der Waals surface area contributed by atoms with Crippen molar-refractivity contribution in [3.8, 4) is 0 Å². The average Bonchev–Trinajstić information content (AvgIpc) is 2.72. The fourth-order valence-corrected chi connectivity index (χ4v) is 2.64. The maximum absolute atomic E-state index is 10.4. The Morgan fingerprint density at radius 3 is 1.07 bits per heavy atom. The van der Waals surface area contributed by atoms with Crippen LogP contribution < -0.4 is 0 Å². The number of hydrogen-bond donors (Lipinski definition) is 4. The van der Waals surface area contributed by atoms with Crippen LogP contribution in [0.15, 0.2) is 70.5 Å². The highest BCUT2D eigenvalue weighted by atomic mass is 32.2. The van der Waals surface area contributed by atoms with E-state index in [0.29, 0.717) is 26.4 Å². The summed E-state index contributed by atoms with van der Waals surface area (Å²) < 4.78 is 68.2. The van der Waals surface area contributed by atoms with E-state index < -0.39 is 20.2 Å². The van der Waals surface area contributed by atoms with Crippen molar-refractivity contribution >= 4 is 20.2 Å². The third kappa shape index (κ3) is 15.0. The molecule has 0 aliphatic rings. The molecule has 0 saturated heterocycles. The average molecular weight is 467 g/mol. The van der Waals surface area contributed by atoms with Crippen molar-refractivity contribution in [2.24, 2.45) is 0 Å². The summed E-state index contributed by atoms with van der Waals surface area (Å²) in [5.41, 5.74) is 0. The minimum absolute atomic E-state index is 0.0417. The van der Waals surface area contributed by atoms with E-state index in [1.54, 1.807) is 36.4 Å². The van der Waals surface area contributed by atoms with E-state index in [1.807, 2.05) is 0 Å². The van der Waals surface area contributed by atoms with Gasteiger partial charge in [0.05, 0.1) is 49.4 Å². The molecule has 0 saturated carbocycles. The molecule has 4 N–H and O–H groups in total. The summed E-state index contributed by atoms with van der Waals surface area (Å²) in [6.07, 6.45) is 0. The first-order valence-electron chi connectivity index (χ1n) is 8.55. The summed E-state index contributed by atoms with van der Waals surface area (Å²) in [7, 11) is -8.01. The third-order valence-electron chi connectivity index (χ3n) is 2.93. The lowest BCUT2D eigenvalue weighted by molar-refractivity contribution is 0.0222. The van der Waals surface area contributed by atoms with Gasteiger partial charge in [-0.1, -0.05) is 36.4 Å². The van der Waals surface area contributed by atoms with Gasteiger partial charge in [0.15, 0.2) is 0 Å². The van der Waals surface area contributed by atoms with Crippen molar-refractivity contribution < 1.29 is 45.6 Å². The molecule has 0 bridgehead atoms.